The van der Waals surface area contributed by atoms with Gasteiger partial charge >= 0.3 is 0 Å². The van der Waals surface area contributed by atoms with Gasteiger partial charge in [0.1, 0.15) is 5.82 Å². The Morgan fingerprint density at radius 3 is 2.73 bits per heavy atom. The summed E-state index contributed by atoms with van der Waals surface area (Å²) in [5, 5.41) is 3.39. The lowest BCUT2D eigenvalue weighted by Crippen LogP contribution is -2.45. The number of aryl methyl sites for hydroxylation is 1. The zero-order valence-corrected chi connectivity index (χ0v) is 14.3. The number of allylic oxidation sites excluding steroid dienone is 1. The van der Waals surface area contributed by atoms with Crippen LogP contribution in [0, 0.1) is 12.7 Å². The minimum Gasteiger partial charge on any atom is -0.314 e. The van der Waals surface area contributed by atoms with Gasteiger partial charge < -0.3 is 5.32 Å². The van der Waals surface area contributed by atoms with Gasteiger partial charge in [0.15, 0.2) is 0 Å². The Bertz CT molecular complexity index is 458. The van der Waals surface area contributed by atoms with Gasteiger partial charge in [-0.2, -0.15) is 0 Å². The van der Waals surface area contributed by atoms with Crippen molar-refractivity contribution in [2.75, 3.05) is 26.2 Å². The SMILES string of the molecule is C=CCCCC[C@H](c1cc(F)ccc1C)N1CCNCC1.Cl. The van der Waals surface area contributed by atoms with Crippen LogP contribution in [0.25, 0.3) is 0 Å². The highest BCUT2D eigenvalue weighted by molar-refractivity contribution is 5.85. The van der Waals surface area contributed by atoms with Crippen molar-refractivity contribution in [2.24, 2.45) is 0 Å². The molecule has 1 fully saturated rings. The van der Waals surface area contributed by atoms with E-state index in [0.717, 1.165) is 51.0 Å². The van der Waals surface area contributed by atoms with Crippen LogP contribution in [-0.2, 0) is 0 Å². The summed E-state index contributed by atoms with van der Waals surface area (Å²) in [6.07, 6.45) is 6.47. The van der Waals surface area contributed by atoms with E-state index in [4.69, 9.17) is 0 Å². The summed E-state index contributed by atoms with van der Waals surface area (Å²) in [5.74, 6) is -0.123. The quantitative estimate of drug-likeness (QED) is 0.595. The van der Waals surface area contributed by atoms with E-state index in [0.29, 0.717) is 6.04 Å². The third kappa shape index (κ3) is 5.38. The van der Waals surface area contributed by atoms with Gasteiger partial charge in [0, 0.05) is 32.2 Å². The molecule has 2 rings (SSSR count). The molecule has 1 heterocycles. The minimum absolute atomic E-state index is 0. The molecule has 0 amide bonds. The van der Waals surface area contributed by atoms with Crippen molar-refractivity contribution in [1.82, 2.24) is 10.2 Å². The summed E-state index contributed by atoms with van der Waals surface area (Å²) >= 11 is 0. The number of nitrogens with zero attached hydrogens (tertiary/aromatic N) is 1. The smallest absolute Gasteiger partial charge is 0.123 e. The molecule has 0 saturated carbocycles. The molecule has 1 aliphatic heterocycles. The number of piperazine rings is 1. The molecule has 1 aromatic carbocycles. The van der Waals surface area contributed by atoms with E-state index in [9.17, 15) is 4.39 Å². The first-order valence-electron chi connectivity index (χ1n) is 8.04. The number of nitrogens with one attached hydrogen (secondary N) is 1. The van der Waals surface area contributed by atoms with Gasteiger partial charge in [-0.1, -0.05) is 18.6 Å². The molecular weight excluding hydrogens is 299 g/mol. The van der Waals surface area contributed by atoms with E-state index >= 15 is 0 Å². The molecule has 1 aromatic rings. The van der Waals surface area contributed by atoms with Gasteiger partial charge in [0.25, 0.3) is 0 Å². The molecule has 124 valence electrons. The number of hydrogen-bond acceptors (Lipinski definition) is 2. The Morgan fingerprint density at radius 1 is 1.32 bits per heavy atom. The fourth-order valence-electron chi connectivity index (χ4n) is 3.13. The number of unbranched alkanes of at least 4 members (excludes halogenated alkanes) is 2. The zero-order valence-electron chi connectivity index (χ0n) is 13.5. The molecule has 0 aliphatic carbocycles. The maximum Gasteiger partial charge on any atom is 0.123 e. The first-order valence-corrected chi connectivity index (χ1v) is 8.04. The summed E-state index contributed by atoms with van der Waals surface area (Å²) in [4.78, 5) is 2.51. The largest absolute Gasteiger partial charge is 0.314 e. The molecule has 0 bridgehead atoms. The lowest BCUT2D eigenvalue weighted by atomic mass is 9.94. The summed E-state index contributed by atoms with van der Waals surface area (Å²) in [5.41, 5.74) is 2.36. The van der Waals surface area contributed by atoms with Gasteiger partial charge in [0.2, 0.25) is 0 Å². The molecule has 2 nitrogen and oxygen atoms in total. The first-order chi connectivity index (χ1) is 10.2. The topological polar surface area (TPSA) is 15.3 Å². The average Bonchev–Trinajstić information content (AvgIpc) is 2.51. The molecule has 0 aromatic heterocycles. The average molecular weight is 327 g/mol. The Kier molecular flexibility index (Phi) is 8.69. The number of hydrogen-bond donors (Lipinski definition) is 1. The lowest BCUT2D eigenvalue weighted by molar-refractivity contribution is 0.162. The van der Waals surface area contributed by atoms with Crippen molar-refractivity contribution in [3.63, 3.8) is 0 Å². The Morgan fingerprint density at radius 2 is 2.05 bits per heavy atom. The molecule has 4 heteroatoms. The maximum atomic E-state index is 13.7. The Labute approximate surface area is 140 Å². The minimum atomic E-state index is -0.123. The molecular formula is C18H28ClFN2. The van der Waals surface area contributed by atoms with Crippen LogP contribution in [-0.4, -0.2) is 31.1 Å². The Balaban J connectivity index is 0.00000242. The third-order valence-electron chi connectivity index (χ3n) is 4.33. The van der Waals surface area contributed by atoms with E-state index in [1.807, 2.05) is 12.1 Å². The summed E-state index contributed by atoms with van der Waals surface area (Å²) in [6.45, 7) is 10.0. The lowest BCUT2D eigenvalue weighted by Gasteiger charge is -2.36. The third-order valence-corrected chi connectivity index (χ3v) is 4.33. The molecule has 22 heavy (non-hydrogen) atoms. The normalized spacial score (nSPS) is 16.8. The van der Waals surface area contributed by atoms with Crippen LogP contribution < -0.4 is 5.32 Å². The maximum absolute atomic E-state index is 13.7. The van der Waals surface area contributed by atoms with Crippen LogP contribution in [0.4, 0.5) is 4.39 Å². The van der Waals surface area contributed by atoms with Crippen LogP contribution in [0.2, 0.25) is 0 Å². The van der Waals surface area contributed by atoms with Crippen LogP contribution in [0.5, 0.6) is 0 Å². The van der Waals surface area contributed by atoms with E-state index in [1.54, 1.807) is 12.1 Å². The second-order valence-electron chi connectivity index (χ2n) is 5.88. The van der Waals surface area contributed by atoms with Crippen LogP contribution >= 0.6 is 12.4 Å². The molecule has 0 spiro atoms. The van der Waals surface area contributed by atoms with E-state index in [-0.39, 0.29) is 18.2 Å². The van der Waals surface area contributed by atoms with Crippen molar-refractivity contribution in [1.29, 1.82) is 0 Å². The van der Waals surface area contributed by atoms with Crippen LogP contribution in [0.15, 0.2) is 30.9 Å². The Hall–Kier alpha value is -0.900. The van der Waals surface area contributed by atoms with Crippen LogP contribution in [0.3, 0.4) is 0 Å². The molecule has 1 N–H and O–H groups in total. The second kappa shape index (κ2) is 9.98. The predicted molar refractivity (Wildman–Crippen MR) is 94.2 cm³/mol. The fourth-order valence-corrected chi connectivity index (χ4v) is 3.13. The van der Waals surface area contributed by atoms with Gasteiger partial charge in [-0.15, -0.1) is 19.0 Å². The standard InChI is InChI=1S/C18H27FN2.ClH/c1-3-4-5-6-7-18(21-12-10-20-11-13-21)17-14-16(19)9-8-15(17)2;/h3,8-9,14,18,20H,1,4-7,10-13H2,2H3;1H/t18-;/m1./s1. The number of rotatable bonds is 7. The highest BCUT2D eigenvalue weighted by Crippen LogP contribution is 2.30. The number of benzene rings is 1. The van der Waals surface area contributed by atoms with Gasteiger partial charge in [-0.3, -0.25) is 4.90 Å². The highest BCUT2D eigenvalue weighted by atomic mass is 35.5. The molecule has 1 atom stereocenters. The molecule has 0 radical (unpaired) electrons. The fraction of sp³-hybridized carbons (Fsp3) is 0.556. The van der Waals surface area contributed by atoms with Gasteiger partial charge in [-0.25, -0.2) is 4.39 Å². The second-order valence-corrected chi connectivity index (χ2v) is 5.88. The van der Waals surface area contributed by atoms with Crippen LogP contribution in [0.1, 0.15) is 42.9 Å². The van der Waals surface area contributed by atoms with Gasteiger partial charge in [-0.05, 0) is 49.4 Å². The van der Waals surface area contributed by atoms with E-state index in [2.05, 4.69) is 23.7 Å². The summed E-state index contributed by atoms with van der Waals surface area (Å²) < 4.78 is 13.7. The molecule has 0 unspecified atom stereocenters. The predicted octanol–water partition coefficient (Wildman–Crippen LogP) is 4.25. The van der Waals surface area contributed by atoms with Gasteiger partial charge in [0.05, 0.1) is 0 Å². The van der Waals surface area contributed by atoms with Crippen molar-refractivity contribution >= 4 is 12.4 Å². The highest BCUT2D eigenvalue weighted by Gasteiger charge is 2.23. The van der Waals surface area contributed by atoms with E-state index in [1.165, 1.54) is 12.0 Å². The zero-order chi connectivity index (χ0) is 15.1. The van der Waals surface area contributed by atoms with Crippen molar-refractivity contribution in [3.05, 3.63) is 47.8 Å². The number of halogens is 2. The van der Waals surface area contributed by atoms with E-state index < -0.39 is 0 Å². The summed E-state index contributed by atoms with van der Waals surface area (Å²) in [6, 6.07) is 5.54. The molecule has 1 aliphatic rings. The summed E-state index contributed by atoms with van der Waals surface area (Å²) in [7, 11) is 0. The monoisotopic (exact) mass is 326 g/mol. The van der Waals surface area contributed by atoms with Crippen molar-refractivity contribution in [3.8, 4) is 0 Å². The first kappa shape index (κ1) is 19.1. The molecule has 1 saturated heterocycles. The van der Waals surface area contributed by atoms with Crippen molar-refractivity contribution in [2.45, 2.75) is 38.6 Å². The van der Waals surface area contributed by atoms with Crippen molar-refractivity contribution < 1.29 is 4.39 Å².